The number of carbonyl (C=O) groups is 2. The van der Waals surface area contributed by atoms with Crippen LogP contribution in [0.25, 0.3) is 0 Å². The summed E-state index contributed by atoms with van der Waals surface area (Å²) in [4.78, 5) is 25.1. The smallest absolute Gasteiger partial charge is 0.251 e. The number of benzene rings is 2. The molecule has 1 heterocycles. The van der Waals surface area contributed by atoms with E-state index in [4.69, 9.17) is 0 Å². The highest BCUT2D eigenvalue weighted by atomic mass is 32.2. The van der Waals surface area contributed by atoms with Crippen LogP contribution in [0.4, 0.5) is 5.69 Å². The van der Waals surface area contributed by atoms with Gasteiger partial charge in [0.15, 0.2) is 11.0 Å². The zero-order valence-corrected chi connectivity index (χ0v) is 19.9. The summed E-state index contributed by atoms with van der Waals surface area (Å²) in [7, 11) is 0. The Balaban J connectivity index is 1.65. The SMILES string of the molecule is CCn1c(SCC(=O)Nc2c(C)cccc2C)nnc1[C@H](C)NC(=O)c1cccc(C)c1. The molecule has 0 aliphatic carbocycles. The lowest BCUT2D eigenvalue weighted by Gasteiger charge is -2.15. The van der Waals surface area contributed by atoms with Crippen LogP contribution in [0.5, 0.6) is 0 Å². The van der Waals surface area contributed by atoms with E-state index in [-0.39, 0.29) is 23.6 Å². The molecule has 1 aromatic heterocycles. The molecular weight excluding hydrogens is 422 g/mol. The number of amides is 2. The van der Waals surface area contributed by atoms with E-state index in [9.17, 15) is 9.59 Å². The van der Waals surface area contributed by atoms with Crippen molar-refractivity contribution in [3.05, 3.63) is 70.5 Å². The van der Waals surface area contributed by atoms with Gasteiger partial charge >= 0.3 is 0 Å². The van der Waals surface area contributed by atoms with Crippen LogP contribution in [0.1, 0.15) is 52.8 Å². The van der Waals surface area contributed by atoms with Gasteiger partial charge in [0.2, 0.25) is 5.91 Å². The second-order valence-electron chi connectivity index (χ2n) is 7.75. The number of para-hydroxylation sites is 1. The summed E-state index contributed by atoms with van der Waals surface area (Å²) < 4.78 is 1.93. The van der Waals surface area contributed by atoms with Crippen molar-refractivity contribution < 1.29 is 9.59 Å². The molecule has 0 saturated heterocycles. The third kappa shape index (κ3) is 5.56. The van der Waals surface area contributed by atoms with Crippen LogP contribution in [-0.2, 0) is 11.3 Å². The van der Waals surface area contributed by atoms with E-state index in [1.807, 2.05) is 75.6 Å². The molecule has 0 spiro atoms. The number of carbonyl (C=O) groups excluding carboxylic acids is 2. The van der Waals surface area contributed by atoms with Crippen LogP contribution in [0.15, 0.2) is 47.6 Å². The molecule has 0 unspecified atom stereocenters. The summed E-state index contributed by atoms with van der Waals surface area (Å²) in [6.45, 7) is 10.4. The van der Waals surface area contributed by atoms with Crippen LogP contribution in [-0.4, -0.2) is 32.3 Å². The lowest BCUT2D eigenvalue weighted by molar-refractivity contribution is -0.113. The highest BCUT2D eigenvalue weighted by Gasteiger charge is 2.20. The van der Waals surface area contributed by atoms with Crippen molar-refractivity contribution in [3.63, 3.8) is 0 Å². The van der Waals surface area contributed by atoms with Gasteiger partial charge < -0.3 is 15.2 Å². The zero-order chi connectivity index (χ0) is 23.3. The van der Waals surface area contributed by atoms with E-state index >= 15 is 0 Å². The molecule has 3 rings (SSSR count). The van der Waals surface area contributed by atoms with Gasteiger partial charge in [-0.15, -0.1) is 10.2 Å². The van der Waals surface area contributed by atoms with Crippen molar-refractivity contribution in [2.45, 2.75) is 52.4 Å². The van der Waals surface area contributed by atoms with E-state index in [2.05, 4.69) is 20.8 Å². The summed E-state index contributed by atoms with van der Waals surface area (Å²) in [6.07, 6.45) is 0. The van der Waals surface area contributed by atoms with E-state index < -0.39 is 0 Å². The first-order valence-corrected chi connectivity index (χ1v) is 11.6. The average molecular weight is 452 g/mol. The maximum atomic E-state index is 12.6. The fraction of sp³-hybridized carbons (Fsp3) is 0.333. The first-order valence-electron chi connectivity index (χ1n) is 10.6. The fourth-order valence-electron chi connectivity index (χ4n) is 3.47. The topological polar surface area (TPSA) is 88.9 Å². The van der Waals surface area contributed by atoms with Gasteiger partial charge in [0, 0.05) is 17.8 Å². The van der Waals surface area contributed by atoms with Gasteiger partial charge in [0.25, 0.3) is 5.91 Å². The molecule has 0 bridgehead atoms. The quantitative estimate of drug-likeness (QED) is 0.494. The minimum absolute atomic E-state index is 0.0969. The van der Waals surface area contributed by atoms with E-state index in [1.54, 1.807) is 6.07 Å². The van der Waals surface area contributed by atoms with Crippen LogP contribution >= 0.6 is 11.8 Å². The molecule has 0 aliphatic rings. The van der Waals surface area contributed by atoms with Crippen molar-refractivity contribution in [2.75, 3.05) is 11.1 Å². The average Bonchev–Trinajstić information content (AvgIpc) is 3.18. The molecule has 2 amide bonds. The fourth-order valence-corrected chi connectivity index (χ4v) is 4.28. The van der Waals surface area contributed by atoms with Crippen molar-refractivity contribution in [1.29, 1.82) is 0 Å². The molecule has 2 aromatic carbocycles. The van der Waals surface area contributed by atoms with Gasteiger partial charge in [-0.3, -0.25) is 9.59 Å². The summed E-state index contributed by atoms with van der Waals surface area (Å²) in [6, 6.07) is 13.0. The highest BCUT2D eigenvalue weighted by molar-refractivity contribution is 7.99. The molecule has 7 nitrogen and oxygen atoms in total. The van der Waals surface area contributed by atoms with Crippen LogP contribution < -0.4 is 10.6 Å². The minimum Gasteiger partial charge on any atom is -0.342 e. The monoisotopic (exact) mass is 451 g/mol. The number of hydrogen-bond donors (Lipinski definition) is 2. The third-order valence-corrected chi connectivity index (χ3v) is 6.12. The Morgan fingerprint density at radius 1 is 1.06 bits per heavy atom. The van der Waals surface area contributed by atoms with Crippen LogP contribution in [0.3, 0.4) is 0 Å². The highest BCUT2D eigenvalue weighted by Crippen LogP contribution is 2.23. The number of aryl methyl sites for hydroxylation is 3. The molecule has 1 atom stereocenters. The molecule has 3 aromatic rings. The predicted octanol–water partition coefficient (Wildman–Crippen LogP) is 4.45. The van der Waals surface area contributed by atoms with E-state index in [1.165, 1.54) is 11.8 Å². The van der Waals surface area contributed by atoms with Crippen LogP contribution in [0.2, 0.25) is 0 Å². The van der Waals surface area contributed by atoms with Gasteiger partial charge in [-0.25, -0.2) is 0 Å². The molecule has 0 aliphatic heterocycles. The second-order valence-corrected chi connectivity index (χ2v) is 8.70. The summed E-state index contributed by atoms with van der Waals surface area (Å²) >= 11 is 1.33. The summed E-state index contributed by atoms with van der Waals surface area (Å²) in [5.74, 6) is 0.622. The normalized spacial score (nSPS) is 11.8. The van der Waals surface area contributed by atoms with Crippen molar-refractivity contribution in [2.24, 2.45) is 0 Å². The second kappa shape index (κ2) is 10.5. The number of rotatable bonds is 8. The summed E-state index contributed by atoms with van der Waals surface area (Å²) in [5.41, 5.74) is 4.54. The van der Waals surface area contributed by atoms with Gasteiger partial charge in [-0.1, -0.05) is 47.7 Å². The van der Waals surface area contributed by atoms with Crippen molar-refractivity contribution >= 4 is 29.3 Å². The predicted molar refractivity (Wildman–Crippen MR) is 128 cm³/mol. The number of nitrogens with one attached hydrogen (secondary N) is 2. The molecule has 168 valence electrons. The standard InChI is InChI=1S/C24H29N5O2S/c1-6-29-22(18(5)25-23(31)19-12-7-9-15(2)13-19)27-28-24(29)32-14-20(30)26-21-16(3)10-8-11-17(21)4/h7-13,18H,6,14H2,1-5H3,(H,25,31)(H,26,30)/t18-/m0/s1. The van der Waals surface area contributed by atoms with Crippen molar-refractivity contribution in [3.8, 4) is 0 Å². The van der Waals surface area contributed by atoms with Gasteiger partial charge in [-0.2, -0.15) is 0 Å². The number of hydrogen-bond acceptors (Lipinski definition) is 5. The Labute approximate surface area is 193 Å². The number of nitrogens with zero attached hydrogens (tertiary/aromatic N) is 3. The molecule has 0 radical (unpaired) electrons. The Kier molecular flexibility index (Phi) is 7.69. The van der Waals surface area contributed by atoms with Crippen molar-refractivity contribution in [1.82, 2.24) is 20.1 Å². The number of anilines is 1. The maximum absolute atomic E-state index is 12.6. The van der Waals surface area contributed by atoms with Crippen LogP contribution in [0, 0.1) is 20.8 Å². The van der Waals surface area contributed by atoms with E-state index in [0.29, 0.717) is 23.1 Å². The molecular formula is C24H29N5O2S. The Hall–Kier alpha value is -3.13. The molecule has 8 heteroatoms. The first-order chi connectivity index (χ1) is 15.3. The van der Waals surface area contributed by atoms with Gasteiger partial charge in [-0.05, 0) is 57.9 Å². The third-order valence-electron chi connectivity index (χ3n) is 5.15. The lowest BCUT2D eigenvalue weighted by Crippen LogP contribution is -2.28. The van der Waals surface area contributed by atoms with Gasteiger partial charge in [0.05, 0.1) is 11.8 Å². The zero-order valence-electron chi connectivity index (χ0n) is 19.1. The largest absolute Gasteiger partial charge is 0.342 e. The first kappa shape index (κ1) is 23.5. The van der Waals surface area contributed by atoms with Gasteiger partial charge in [0.1, 0.15) is 0 Å². The number of aromatic nitrogens is 3. The van der Waals surface area contributed by atoms with E-state index in [0.717, 1.165) is 22.4 Å². The Morgan fingerprint density at radius 3 is 2.41 bits per heavy atom. The Morgan fingerprint density at radius 2 is 1.75 bits per heavy atom. The lowest BCUT2D eigenvalue weighted by atomic mass is 10.1. The molecule has 0 saturated carbocycles. The molecule has 0 fully saturated rings. The summed E-state index contributed by atoms with van der Waals surface area (Å²) in [5, 5.41) is 15.2. The number of thioether (sulfide) groups is 1. The maximum Gasteiger partial charge on any atom is 0.251 e. The molecule has 32 heavy (non-hydrogen) atoms. The molecule has 2 N–H and O–H groups in total. The Bertz CT molecular complexity index is 1110. The minimum atomic E-state index is -0.326.